The van der Waals surface area contributed by atoms with Gasteiger partial charge in [-0.3, -0.25) is 9.78 Å². The van der Waals surface area contributed by atoms with E-state index in [4.69, 9.17) is 27.9 Å². The van der Waals surface area contributed by atoms with Gasteiger partial charge in [-0.05, 0) is 29.3 Å². The number of halogens is 2. The Balaban J connectivity index is 1.64. The number of nitrogens with one attached hydrogen (secondary N) is 1. The highest BCUT2D eigenvalue weighted by molar-refractivity contribution is 6.31. The molecule has 2 aromatic rings. The van der Waals surface area contributed by atoms with Crippen molar-refractivity contribution < 1.29 is 9.53 Å². The third-order valence-corrected chi connectivity index (χ3v) is 4.51. The number of ketones is 1. The molecule has 1 aromatic carbocycles. The molecule has 6 heteroatoms. The second kappa shape index (κ2) is 8.08. The predicted molar refractivity (Wildman–Crippen MR) is 94.7 cm³/mol. The van der Waals surface area contributed by atoms with E-state index in [1.807, 2.05) is 18.2 Å². The number of carbonyl (C=O) groups excluding carboxylic acids is 1. The largest absolute Gasteiger partial charge is 0.371 e. The summed E-state index contributed by atoms with van der Waals surface area (Å²) in [4.78, 5) is 16.4. The summed E-state index contributed by atoms with van der Waals surface area (Å²) in [6.45, 7) is 2.34. The molecule has 0 amide bonds. The van der Waals surface area contributed by atoms with Crippen LogP contribution in [-0.4, -0.2) is 30.5 Å². The van der Waals surface area contributed by atoms with Gasteiger partial charge in [-0.1, -0.05) is 35.3 Å². The Hall–Kier alpha value is -1.46. The zero-order valence-electron chi connectivity index (χ0n) is 13.1. The summed E-state index contributed by atoms with van der Waals surface area (Å²) in [5, 5.41) is 4.45. The number of pyridine rings is 1. The van der Waals surface area contributed by atoms with Gasteiger partial charge in [0.15, 0.2) is 0 Å². The lowest BCUT2D eigenvalue weighted by molar-refractivity contribution is -0.117. The summed E-state index contributed by atoms with van der Waals surface area (Å²) in [6, 6.07) is 9.27. The van der Waals surface area contributed by atoms with Gasteiger partial charge >= 0.3 is 0 Å². The molecule has 24 heavy (non-hydrogen) atoms. The van der Waals surface area contributed by atoms with Gasteiger partial charge in [0.25, 0.3) is 0 Å². The molecular formula is C18H18Cl2N2O2. The van der Waals surface area contributed by atoms with Crippen molar-refractivity contribution in [2.24, 2.45) is 0 Å². The first-order chi connectivity index (χ1) is 11.6. The maximum Gasteiger partial charge on any atom is 0.143 e. The topological polar surface area (TPSA) is 51.2 Å². The Labute approximate surface area is 151 Å². The highest BCUT2D eigenvalue weighted by atomic mass is 35.5. The van der Waals surface area contributed by atoms with E-state index >= 15 is 0 Å². The molecule has 1 fully saturated rings. The minimum absolute atomic E-state index is 0.0132. The van der Waals surface area contributed by atoms with Crippen LogP contribution in [0.3, 0.4) is 0 Å². The van der Waals surface area contributed by atoms with Crippen LogP contribution in [0, 0.1) is 0 Å². The first kappa shape index (κ1) is 17.4. The Morgan fingerprint density at radius 3 is 2.79 bits per heavy atom. The minimum atomic E-state index is 0.0132. The lowest BCUT2D eigenvalue weighted by atomic mass is 10.0. The van der Waals surface area contributed by atoms with E-state index in [9.17, 15) is 4.79 Å². The van der Waals surface area contributed by atoms with Crippen LogP contribution in [0.2, 0.25) is 10.0 Å². The van der Waals surface area contributed by atoms with Crippen molar-refractivity contribution in [3.63, 3.8) is 0 Å². The third-order valence-electron chi connectivity index (χ3n) is 3.93. The van der Waals surface area contributed by atoms with Crippen LogP contribution < -0.4 is 5.32 Å². The molecule has 4 nitrogen and oxygen atoms in total. The van der Waals surface area contributed by atoms with Crippen LogP contribution in [0.25, 0.3) is 0 Å². The highest BCUT2D eigenvalue weighted by Gasteiger charge is 2.17. The van der Waals surface area contributed by atoms with E-state index in [1.165, 1.54) is 0 Å². The second-order valence-electron chi connectivity index (χ2n) is 5.77. The molecule has 0 spiro atoms. The molecule has 1 aromatic heterocycles. The first-order valence-corrected chi connectivity index (χ1v) is 8.60. The molecule has 0 bridgehead atoms. The van der Waals surface area contributed by atoms with E-state index < -0.39 is 0 Å². The number of aromatic nitrogens is 1. The van der Waals surface area contributed by atoms with Crippen LogP contribution in [0.1, 0.15) is 22.9 Å². The molecule has 1 aliphatic rings. The van der Waals surface area contributed by atoms with E-state index in [1.54, 1.807) is 18.3 Å². The van der Waals surface area contributed by atoms with Crippen molar-refractivity contribution in [1.29, 1.82) is 0 Å². The van der Waals surface area contributed by atoms with Gasteiger partial charge in [0.1, 0.15) is 5.78 Å². The number of Topliss-reactive ketones (excluding diaryl/α,β-unsaturated/α-hetero) is 1. The minimum Gasteiger partial charge on any atom is -0.371 e. The molecule has 1 N–H and O–H groups in total. The number of morpholine rings is 1. The third kappa shape index (κ3) is 4.54. The summed E-state index contributed by atoms with van der Waals surface area (Å²) >= 11 is 12.2. The van der Waals surface area contributed by atoms with Crippen LogP contribution in [0.5, 0.6) is 0 Å². The standard InChI is InChI=1S/C18H18Cl2N2O2/c19-14-3-4-15(22-10-14)9-16(23)7-12-1-2-13(8-17(12)20)18-11-21-5-6-24-18/h1-4,8,10,18,21H,5-7,9,11H2/t18-/m1/s1. The molecule has 0 saturated carbocycles. The Bertz CT molecular complexity index is 713. The molecule has 3 rings (SSSR count). The molecule has 0 unspecified atom stereocenters. The van der Waals surface area contributed by atoms with Crippen LogP contribution >= 0.6 is 23.2 Å². The fraction of sp³-hybridized carbons (Fsp3) is 0.333. The normalized spacial score (nSPS) is 17.7. The number of nitrogens with zero attached hydrogens (tertiary/aromatic N) is 1. The Morgan fingerprint density at radius 2 is 2.12 bits per heavy atom. The number of hydrogen-bond donors (Lipinski definition) is 1. The van der Waals surface area contributed by atoms with Crippen molar-refractivity contribution in [2.45, 2.75) is 18.9 Å². The smallest absolute Gasteiger partial charge is 0.143 e. The lowest BCUT2D eigenvalue weighted by Gasteiger charge is -2.24. The van der Waals surface area contributed by atoms with Gasteiger partial charge in [0, 0.05) is 42.8 Å². The van der Waals surface area contributed by atoms with Crippen molar-refractivity contribution in [3.05, 3.63) is 63.4 Å². The second-order valence-corrected chi connectivity index (χ2v) is 6.62. The summed E-state index contributed by atoms with van der Waals surface area (Å²) < 4.78 is 5.72. The van der Waals surface area contributed by atoms with E-state index in [0.29, 0.717) is 22.3 Å². The molecule has 1 aliphatic heterocycles. The van der Waals surface area contributed by atoms with E-state index in [2.05, 4.69) is 10.3 Å². The van der Waals surface area contributed by atoms with Gasteiger partial charge in [0.05, 0.1) is 17.7 Å². The van der Waals surface area contributed by atoms with Crippen molar-refractivity contribution in [1.82, 2.24) is 10.3 Å². The average molecular weight is 365 g/mol. The number of benzene rings is 1. The SMILES string of the molecule is O=C(Cc1ccc(Cl)cn1)Cc1ccc([C@H]2CNCCO2)cc1Cl. The number of rotatable bonds is 5. The van der Waals surface area contributed by atoms with Crippen LogP contribution in [0.15, 0.2) is 36.5 Å². The summed E-state index contributed by atoms with van der Waals surface area (Å²) in [6.07, 6.45) is 2.11. The van der Waals surface area contributed by atoms with Crippen molar-refractivity contribution in [3.8, 4) is 0 Å². The fourth-order valence-corrected chi connectivity index (χ4v) is 3.04. The van der Waals surface area contributed by atoms with Gasteiger partial charge in [-0.2, -0.15) is 0 Å². The van der Waals surface area contributed by atoms with Crippen molar-refractivity contribution in [2.75, 3.05) is 19.7 Å². The summed E-state index contributed by atoms with van der Waals surface area (Å²) in [5.41, 5.74) is 2.56. The molecule has 1 atom stereocenters. The Morgan fingerprint density at radius 1 is 1.25 bits per heavy atom. The molecular weight excluding hydrogens is 347 g/mol. The van der Waals surface area contributed by atoms with Gasteiger partial charge in [0.2, 0.25) is 0 Å². The van der Waals surface area contributed by atoms with E-state index in [-0.39, 0.29) is 24.7 Å². The lowest BCUT2D eigenvalue weighted by Crippen LogP contribution is -2.33. The summed E-state index contributed by atoms with van der Waals surface area (Å²) in [5.74, 6) is 0.0649. The molecule has 1 saturated heterocycles. The predicted octanol–water partition coefficient (Wildman–Crippen LogP) is 3.40. The molecule has 126 valence electrons. The van der Waals surface area contributed by atoms with Gasteiger partial charge in [-0.25, -0.2) is 0 Å². The summed E-state index contributed by atoms with van der Waals surface area (Å²) in [7, 11) is 0. The van der Waals surface area contributed by atoms with Crippen LogP contribution in [-0.2, 0) is 22.4 Å². The molecule has 0 aliphatic carbocycles. The van der Waals surface area contributed by atoms with E-state index in [0.717, 1.165) is 24.2 Å². The van der Waals surface area contributed by atoms with Gasteiger partial charge < -0.3 is 10.1 Å². The number of ether oxygens (including phenoxy) is 1. The number of carbonyl (C=O) groups is 1. The highest BCUT2D eigenvalue weighted by Crippen LogP contribution is 2.25. The van der Waals surface area contributed by atoms with Gasteiger partial charge in [-0.15, -0.1) is 0 Å². The zero-order valence-corrected chi connectivity index (χ0v) is 14.6. The van der Waals surface area contributed by atoms with Crippen molar-refractivity contribution >= 4 is 29.0 Å². The molecule has 2 heterocycles. The zero-order chi connectivity index (χ0) is 16.9. The first-order valence-electron chi connectivity index (χ1n) is 7.84. The van der Waals surface area contributed by atoms with Crippen LogP contribution in [0.4, 0.5) is 0 Å². The maximum absolute atomic E-state index is 12.2. The fourth-order valence-electron chi connectivity index (χ4n) is 2.67. The number of hydrogen-bond acceptors (Lipinski definition) is 4. The molecule has 0 radical (unpaired) electrons. The Kier molecular flexibility index (Phi) is 5.85. The average Bonchev–Trinajstić information content (AvgIpc) is 2.59. The maximum atomic E-state index is 12.2. The monoisotopic (exact) mass is 364 g/mol. The quantitative estimate of drug-likeness (QED) is 0.883.